The molecule has 1 amide bonds. The molecule has 0 saturated heterocycles. The minimum absolute atomic E-state index is 0.129. The van der Waals surface area contributed by atoms with Crippen molar-refractivity contribution in [3.05, 3.63) is 59.7 Å². The van der Waals surface area contributed by atoms with Crippen molar-refractivity contribution >= 4 is 37.4 Å². The number of carbonyl (C=O) groups is 1. The van der Waals surface area contributed by atoms with E-state index < -0.39 is 9.84 Å². The fraction of sp³-hybridized carbons (Fsp3) is 0.133. The molecule has 2 aromatic rings. The lowest BCUT2D eigenvalue weighted by Gasteiger charge is -2.09. The minimum atomic E-state index is -3.33. The molecule has 4 nitrogen and oxygen atoms in total. The molecule has 0 aliphatic carbocycles. The second kappa shape index (κ2) is 6.41. The van der Waals surface area contributed by atoms with Crippen LogP contribution in [0.1, 0.15) is 15.9 Å². The fourth-order valence-corrected chi connectivity index (χ4v) is 2.98. The molecule has 0 aromatic heterocycles. The predicted molar refractivity (Wildman–Crippen MR) is 86.6 cm³/mol. The van der Waals surface area contributed by atoms with E-state index in [2.05, 4.69) is 21.2 Å². The quantitative estimate of drug-likeness (QED) is 0.843. The van der Waals surface area contributed by atoms with E-state index in [0.29, 0.717) is 16.6 Å². The Balaban J connectivity index is 2.29. The Kier molecular flexibility index (Phi) is 4.80. The van der Waals surface area contributed by atoms with E-state index in [1.165, 1.54) is 12.1 Å². The van der Waals surface area contributed by atoms with Gasteiger partial charge in [0.2, 0.25) is 0 Å². The standard InChI is InChI=1S/C15H14BrNO3S/c1-21(19,20)13-7-4-6-11(9-13)15(18)17-14-8-3-2-5-12(14)10-16/h2-9H,10H2,1H3,(H,17,18). The van der Waals surface area contributed by atoms with Crippen LogP contribution < -0.4 is 5.32 Å². The topological polar surface area (TPSA) is 63.2 Å². The lowest BCUT2D eigenvalue weighted by atomic mass is 10.1. The van der Waals surface area contributed by atoms with Crippen molar-refractivity contribution in [1.82, 2.24) is 0 Å². The molecule has 0 radical (unpaired) electrons. The van der Waals surface area contributed by atoms with Crippen molar-refractivity contribution in [2.45, 2.75) is 10.2 Å². The largest absolute Gasteiger partial charge is 0.322 e. The van der Waals surface area contributed by atoms with Gasteiger partial charge in [0, 0.05) is 22.8 Å². The first-order chi connectivity index (χ1) is 9.91. The number of rotatable bonds is 4. The van der Waals surface area contributed by atoms with Gasteiger partial charge < -0.3 is 5.32 Å². The third-order valence-corrected chi connectivity index (χ3v) is 4.65. The zero-order chi connectivity index (χ0) is 15.5. The summed E-state index contributed by atoms with van der Waals surface area (Å²) >= 11 is 3.36. The van der Waals surface area contributed by atoms with Crippen LogP contribution in [0.15, 0.2) is 53.4 Å². The van der Waals surface area contributed by atoms with Gasteiger partial charge in [-0.25, -0.2) is 8.42 Å². The first-order valence-corrected chi connectivity index (χ1v) is 9.18. The fourth-order valence-electron chi connectivity index (χ4n) is 1.82. The Bertz CT molecular complexity index is 772. The maximum absolute atomic E-state index is 12.2. The van der Waals surface area contributed by atoms with Gasteiger partial charge in [-0.1, -0.05) is 40.2 Å². The average Bonchev–Trinajstić information content (AvgIpc) is 2.47. The Hall–Kier alpha value is -1.66. The summed E-state index contributed by atoms with van der Waals surface area (Å²) in [6.45, 7) is 0. The Morgan fingerprint density at radius 2 is 1.86 bits per heavy atom. The molecule has 2 rings (SSSR count). The van der Waals surface area contributed by atoms with Crippen LogP contribution in [0, 0.1) is 0 Å². The number of benzene rings is 2. The molecule has 21 heavy (non-hydrogen) atoms. The number of para-hydroxylation sites is 1. The molecule has 0 atom stereocenters. The summed E-state index contributed by atoms with van der Waals surface area (Å²) in [5.74, 6) is -0.339. The van der Waals surface area contributed by atoms with Crippen LogP contribution >= 0.6 is 15.9 Å². The molecule has 0 unspecified atom stereocenters. The van der Waals surface area contributed by atoms with E-state index in [9.17, 15) is 13.2 Å². The average molecular weight is 368 g/mol. The zero-order valence-electron chi connectivity index (χ0n) is 11.3. The number of alkyl halides is 1. The Morgan fingerprint density at radius 3 is 2.52 bits per heavy atom. The molecule has 0 heterocycles. The van der Waals surface area contributed by atoms with Crippen LogP contribution in [0.25, 0.3) is 0 Å². The molecule has 0 spiro atoms. The molecule has 1 N–H and O–H groups in total. The lowest BCUT2D eigenvalue weighted by molar-refractivity contribution is 0.102. The van der Waals surface area contributed by atoms with Crippen molar-refractivity contribution in [2.24, 2.45) is 0 Å². The van der Waals surface area contributed by atoms with E-state index in [4.69, 9.17) is 0 Å². The third kappa shape index (κ3) is 3.92. The maximum Gasteiger partial charge on any atom is 0.255 e. The Labute approximate surface area is 132 Å². The number of anilines is 1. The van der Waals surface area contributed by atoms with E-state index in [1.54, 1.807) is 18.2 Å². The van der Waals surface area contributed by atoms with Crippen LogP contribution in [0.2, 0.25) is 0 Å². The van der Waals surface area contributed by atoms with Gasteiger partial charge in [0.15, 0.2) is 9.84 Å². The van der Waals surface area contributed by atoms with Crippen molar-refractivity contribution in [3.63, 3.8) is 0 Å². The second-order valence-electron chi connectivity index (χ2n) is 4.54. The summed E-state index contributed by atoms with van der Waals surface area (Å²) < 4.78 is 23.1. The summed E-state index contributed by atoms with van der Waals surface area (Å²) in [7, 11) is -3.33. The molecular formula is C15H14BrNO3S. The van der Waals surface area contributed by atoms with Gasteiger partial charge in [0.05, 0.1) is 4.90 Å². The first kappa shape index (κ1) is 15.7. The van der Waals surface area contributed by atoms with E-state index >= 15 is 0 Å². The smallest absolute Gasteiger partial charge is 0.255 e. The SMILES string of the molecule is CS(=O)(=O)c1cccc(C(=O)Nc2ccccc2CBr)c1. The van der Waals surface area contributed by atoms with Crippen LogP contribution in [0.5, 0.6) is 0 Å². The minimum Gasteiger partial charge on any atom is -0.322 e. The maximum atomic E-state index is 12.2. The number of sulfone groups is 1. The van der Waals surface area contributed by atoms with Gasteiger partial charge >= 0.3 is 0 Å². The predicted octanol–water partition coefficient (Wildman–Crippen LogP) is 3.24. The third-order valence-electron chi connectivity index (χ3n) is 2.93. The second-order valence-corrected chi connectivity index (χ2v) is 7.12. The molecule has 0 bridgehead atoms. The summed E-state index contributed by atoms with van der Waals surface area (Å²) in [5, 5.41) is 3.41. The summed E-state index contributed by atoms with van der Waals surface area (Å²) in [6, 6.07) is 13.4. The van der Waals surface area contributed by atoms with Crippen molar-refractivity contribution in [2.75, 3.05) is 11.6 Å². The zero-order valence-corrected chi connectivity index (χ0v) is 13.7. The number of nitrogens with one attached hydrogen (secondary N) is 1. The highest BCUT2D eigenvalue weighted by molar-refractivity contribution is 9.08. The van der Waals surface area contributed by atoms with Crippen molar-refractivity contribution in [3.8, 4) is 0 Å². The summed E-state index contributed by atoms with van der Waals surface area (Å²) in [4.78, 5) is 12.4. The molecule has 0 fully saturated rings. The highest BCUT2D eigenvalue weighted by atomic mass is 79.9. The summed E-state index contributed by atoms with van der Waals surface area (Å²) in [5.41, 5.74) is 1.96. The van der Waals surface area contributed by atoms with Gasteiger partial charge in [-0.3, -0.25) is 4.79 Å². The first-order valence-electron chi connectivity index (χ1n) is 6.17. The molecule has 6 heteroatoms. The van der Waals surface area contributed by atoms with Crippen LogP contribution in [-0.4, -0.2) is 20.6 Å². The number of carbonyl (C=O) groups excluding carboxylic acids is 1. The molecule has 0 saturated carbocycles. The van der Waals surface area contributed by atoms with Gasteiger partial charge in [-0.05, 0) is 29.8 Å². The van der Waals surface area contributed by atoms with Crippen molar-refractivity contribution in [1.29, 1.82) is 0 Å². The van der Waals surface area contributed by atoms with Crippen LogP contribution in [0.4, 0.5) is 5.69 Å². The highest BCUT2D eigenvalue weighted by Crippen LogP contribution is 2.19. The van der Waals surface area contributed by atoms with Gasteiger partial charge in [0.25, 0.3) is 5.91 Å². The molecule has 2 aromatic carbocycles. The molecule has 110 valence electrons. The highest BCUT2D eigenvalue weighted by Gasteiger charge is 2.12. The number of amides is 1. The molecule has 0 aliphatic rings. The van der Waals surface area contributed by atoms with Crippen LogP contribution in [0.3, 0.4) is 0 Å². The molecular weight excluding hydrogens is 354 g/mol. The molecule has 0 aliphatic heterocycles. The number of hydrogen-bond donors (Lipinski definition) is 1. The van der Waals surface area contributed by atoms with E-state index in [1.807, 2.05) is 18.2 Å². The number of hydrogen-bond acceptors (Lipinski definition) is 3. The van der Waals surface area contributed by atoms with Crippen LogP contribution in [-0.2, 0) is 15.2 Å². The Morgan fingerprint density at radius 1 is 1.14 bits per heavy atom. The number of halogens is 1. The summed E-state index contributed by atoms with van der Waals surface area (Å²) in [6.07, 6.45) is 1.12. The normalized spacial score (nSPS) is 11.1. The van der Waals surface area contributed by atoms with E-state index in [-0.39, 0.29) is 10.8 Å². The van der Waals surface area contributed by atoms with Gasteiger partial charge in [-0.15, -0.1) is 0 Å². The van der Waals surface area contributed by atoms with Gasteiger partial charge in [-0.2, -0.15) is 0 Å². The van der Waals surface area contributed by atoms with Crippen molar-refractivity contribution < 1.29 is 13.2 Å². The van der Waals surface area contributed by atoms with E-state index in [0.717, 1.165) is 11.8 Å². The van der Waals surface area contributed by atoms with Gasteiger partial charge in [0.1, 0.15) is 0 Å². The lowest BCUT2D eigenvalue weighted by Crippen LogP contribution is -2.13. The monoisotopic (exact) mass is 367 g/mol.